The zero-order valence-corrected chi connectivity index (χ0v) is 15.2. The number of carbonyl (C=O) groups is 1. The van der Waals surface area contributed by atoms with Crippen molar-refractivity contribution in [1.82, 2.24) is 5.43 Å². The van der Waals surface area contributed by atoms with Crippen LogP contribution in [0.2, 0.25) is 0 Å². The molecule has 0 saturated carbocycles. The minimum Gasteiger partial charge on any atom is -0.496 e. The predicted octanol–water partition coefficient (Wildman–Crippen LogP) is 3.94. The molecular formula is C20H17N3O5. The lowest BCUT2D eigenvalue weighted by molar-refractivity contribution is -0.384. The number of nitro benzene ring substituents is 1. The van der Waals surface area contributed by atoms with Crippen molar-refractivity contribution in [2.45, 2.75) is 6.92 Å². The summed E-state index contributed by atoms with van der Waals surface area (Å²) in [6.07, 6.45) is 1.35. The number of nitrogens with zero attached hydrogens (tertiary/aromatic N) is 2. The number of aryl methyl sites for hydroxylation is 1. The van der Waals surface area contributed by atoms with Crippen LogP contribution in [0.5, 0.6) is 5.75 Å². The molecule has 0 aliphatic heterocycles. The number of hydrogen-bond donors (Lipinski definition) is 1. The quantitative estimate of drug-likeness (QED) is 0.397. The van der Waals surface area contributed by atoms with Crippen molar-refractivity contribution < 1.29 is 18.9 Å². The van der Waals surface area contributed by atoms with Crippen molar-refractivity contribution in [1.29, 1.82) is 0 Å². The van der Waals surface area contributed by atoms with E-state index >= 15 is 0 Å². The Morgan fingerprint density at radius 2 is 2.04 bits per heavy atom. The number of hydrogen-bond acceptors (Lipinski definition) is 6. The Labute approximate surface area is 160 Å². The molecule has 1 aromatic heterocycles. The average molecular weight is 379 g/mol. The summed E-state index contributed by atoms with van der Waals surface area (Å²) in [6, 6.07) is 14.7. The third-order valence-electron chi connectivity index (χ3n) is 3.93. The van der Waals surface area contributed by atoms with Crippen LogP contribution in [-0.2, 0) is 0 Å². The minimum absolute atomic E-state index is 0.0246. The monoisotopic (exact) mass is 379 g/mol. The number of carbonyl (C=O) groups excluding carboxylic acids is 1. The second-order valence-electron chi connectivity index (χ2n) is 5.91. The molecule has 1 heterocycles. The maximum Gasteiger partial charge on any atom is 0.275 e. The van der Waals surface area contributed by atoms with Crippen LogP contribution < -0.4 is 10.2 Å². The number of furan rings is 1. The number of methoxy groups -OCH3 is 1. The fourth-order valence-corrected chi connectivity index (χ4v) is 2.55. The van der Waals surface area contributed by atoms with E-state index in [0.717, 1.165) is 5.56 Å². The number of non-ortho nitro benzene ring substituents is 1. The summed E-state index contributed by atoms with van der Waals surface area (Å²) < 4.78 is 10.8. The molecule has 0 radical (unpaired) electrons. The van der Waals surface area contributed by atoms with Gasteiger partial charge in [0.1, 0.15) is 17.3 Å². The highest BCUT2D eigenvalue weighted by atomic mass is 16.6. The number of hydrazone groups is 1. The zero-order chi connectivity index (χ0) is 20.1. The summed E-state index contributed by atoms with van der Waals surface area (Å²) in [5.41, 5.74) is 4.30. The maximum absolute atomic E-state index is 12.3. The van der Waals surface area contributed by atoms with Gasteiger partial charge in [0.05, 0.1) is 23.8 Å². The van der Waals surface area contributed by atoms with Crippen LogP contribution in [0.3, 0.4) is 0 Å². The lowest BCUT2D eigenvalue weighted by atomic mass is 10.1. The van der Waals surface area contributed by atoms with E-state index in [-0.39, 0.29) is 5.69 Å². The van der Waals surface area contributed by atoms with Gasteiger partial charge < -0.3 is 9.15 Å². The Hall–Kier alpha value is -3.94. The van der Waals surface area contributed by atoms with Crippen molar-refractivity contribution in [2.75, 3.05) is 7.11 Å². The van der Waals surface area contributed by atoms with E-state index in [1.807, 2.05) is 6.92 Å². The second-order valence-corrected chi connectivity index (χ2v) is 5.91. The fourth-order valence-electron chi connectivity index (χ4n) is 2.55. The van der Waals surface area contributed by atoms with Crippen LogP contribution in [0, 0.1) is 17.0 Å². The van der Waals surface area contributed by atoms with E-state index in [2.05, 4.69) is 10.5 Å². The van der Waals surface area contributed by atoms with E-state index in [1.165, 1.54) is 25.5 Å². The molecule has 0 saturated heterocycles. The standard InChI is InChI=1S/C20H17N3O5/c1-13-6-8-17(19(10-13)27-2)20(24)22-21-12-16-7-9-18(28-16)14-4-3-5-15(11-14)23(25)26/h3-12H,1-2H3,(H,22,24)/b21-12-. The van der Waals surface area contributed by atoms with Crippen LogP contribution in [0.1, 0.15) is 21.7 Å². The van der Waals surface area contributed by atoms with Gasteiger partial charge in [-0.05, 0) is 36.8 Å². The molecule has 8 heteroatoms. The van der Waals surface area contributed by atoms with Gasteiger partial charge in [-0.15, -0.1) is 0 Å². The highest BCUT2D eigenvalue weighted by Gasteiger charge is 2.12. The summed E-state index contributed by atoms with van der Waals surface area (Å²) in [5, 5.41) is 14.8. The van der Waals surface area contributed by atoms with E-state index in [9.17, 15) is 14.9 Å². The Morgan fingerprint density at radius 1 is 1.21 bits per heavy atom. The van der Waals surface area contributed by atoms with Crippen LogP contribution in [0.4, 0.5) is 5.69 Å². The highest BCUT2D eigenvalue weighted by molar-refractivity contribution is 5.97. The molecule has 0 atom stereocenters. The second kappa shape index (κ2) is 8.17. The number of rotatable bonds is 6. The Morgan fingerprint density at radius 3 is 2.79 bits per heavy atom. The Bertz CT molecular complexity index is 1060. The van der Waals surface area contributed by atoms with Gasteiger partial charge in [0.25, 0.3) is 11.6 Å². The maximum atomic E-state index is 12.3. The average Bonchev–Trinajstić information content (AvgIpc) is 3.16. The molecule has 0 aliphatic carbocycles. The lowest BCUT2D eigenvalue weighted by Gasteiger charge is -2.07. The molecule has 0 bridgehead atoms. The Balaban J connectivity index is 1.70. The van der Waals surface area contributed by atoms with Gasteiger partial charge in [-0.25, -0.2) is 5.43 Å². The number of ether oxygens (including phenoxy) is 1. The van der Waals surface area contributed by atoms with Gasteiger partial charge >= 0.3 is 0 Å². The normalized spacial score (nSPS) is 10.8. The smallest absolute Gasteiger partial charge is 0.275 e. The van der Waals surface area contributed by atoms with Crippen LogP contribution in [-0.4, -0.2) is 24.2 Å². The molecule has 8 nitrogen and oxygen atoms in total. The number of nitro groups is 1. The third kappa shape index (κ3) is 4.24. The molecule has 28 heavy (non-hydrogen) atoms. The lowest BCUT2D eigenvalue weighted by Crippen LogP contribution is -2.18. The zero-order valence-electron chi connectivity index (χ0n) is 15.2. The van der Waals surface area contributed by atoms with E-state index in [4.69, 9.17) is 9.15 Å². The molecule has 2 aromatic carbocycles. The first-order chi connectivity index (χ1) is 13.5. The first-order valence-electron chi connectivity index (χ1n) is 8.30. The fraction of sp³-hybridized carbons (Fsp3) is 0.100. The predicted molar refractivity (Wildman–Crippen MR) is 104 cm³/mol. The van der Waals surface area contributed by atoms with Crippen molar-refractivity contribution in [3.05, 3.63) is 81.6 Å². The van der Waals surface area contributed by atoms with Gasteiger partial charge in [-0.1, -0.05) is 18.2 Å². The summed E-state index contributed by atoms with van der Waals surface area (Å²) >= 11 is 0. The largest absolute Gasteiger partial charge is 0.496 e. The number of benzene rings is 2. The van der Waals surface area contributed by atoms with Gasteiger partial charge in [-0.2, -0.15) is 5.10 Å². The molecule has 0 unspecified atom stereocenters. The molecule has 0 aliphatic rings. The van der Waals surface area contributed by atoms with Crippen molar-refractivity contribution >= 4 is 17.8 Å². The van der Waals surface area contributed by atoms with E-state index in [0.29, 0.717) is 28.4 Å². The van der Waals surface area contributed by atoms with Crippen LogP contribution >= 0.6 is 0 Å². The SMILES string of the molecule is COc1cc(C)ccc1C(=O)N/N=C\c1ccc(-c2cccc([N+](=O)[O-])c2)o1. The molecule has 0 fully saturated rings. The van der Waals surface area contributed by atoms with Crippen molar-refractivity contribution in [3.8, 4) is 17.1 Å². The van der Waals surface area contributed by atoms with Crippen LogP contribution in [0.25, 0.3) is 11.3 Å². The first kappa shape index (κ1) is 18.8. The van der Waals surface area contributed by atoms with E-state index in [1.54, 1.807) is 42.5 Å². The van der Waals surface area contributed by atoms with Gasteiger partial charge in [0.2, 0.25) is 0 Å². The molecule has 1 N–H and O–H groups in total. The van der Waals surface area contributed by atoms with E-state index < -0.39 is 10.8 Å². The topological polar surface area (TPSA) is 107 Å². The summed E-state index contributed by atoms with van der Waals surface area (Å²) in [6.45, 7) is 1.90. The molecule has 1 amide bonds. The first-order valence-corrected chi connectivity index (χ1v) is 8.30. The molecule has 0 spiro atoms. The van der Waals surface area contributed by atoms with Gasteiger partial charge in [0, 0.05) is 17.7 Å². The molecular weight excluding hydrogens is 362 g/mol. The van der Waals surface area contributed by atoms with Crippen molar-refractivity contribution in [3.63, 3.8) is 0 Å². The summed E-state index contributed by atoms with van der Waals surface area (Å²) in [5.74, 6) is 0.881. The minimum atomic E-state index is -0.469. The molecule has 3 rings (SSSR count). The van der Waals surface area contributed by atoms with Crippen LogP contribution in [0.15, 0.2) is 64.1 Å². The third-order valence-corrected chi connectivity index (χ3v) is 3.93. The Kier molecular flexibility index (Phi) is 5.50. The highest BCUT2D eigenvalue weighted by Crippen LogP contribution is 2.25. The number of amides is 1. The summed E-state index contributed by atoms with van der Waals surface area (Å²) in [4.78, 5) is 22.7. The summed E-state index contributed by atoms with van der Waals surface area (Å²) in [7, 11) is 1.49. The van der Waals surface area contributed by atoms with Gasteiger partial charge in [0.15, 0.2) is 0 Å². The van der Waals surface area contributed by atoms with Crippen molar-refractivity contribution in [2.24, 2.45) is 5.10 Å². The van der Waals surface area contributed by atoms with Gasteiger partial charge in [-0.3, -0.25) is 14.9 Å². The number of nitrogens with one attached hydrogen (secondary N) is 1. The molecule has 3 aromatic rings. The molecule has 142 valence electrons.